The van der Waals surface area contributed by atoms with Gasteiger partial charge in [-0.15, -0.1) is 5.92 Å². The fourth-order valence-corrected chi connectivity index (χ4v) is 2.15. The molecular formula is C12H22N2. The monoisotopic (exact) mass is 194 g/mol. The molecule has 0 aromatic rings. The lowest BCUT2D eigenvalue weighted by Crippen LogP contribution is -2.40. The molecule has 80 valence electrons. The Balaban J connectivity index is 2.39. The first-order chi connectivity index (χ1) is 6.77. The van der Waals surface area contributed by atoms with Crippen LogP contribution in [0.1, 0.15) is 39.5 Å². The van der Waals surface area contributed by atoms with Crippen LogP contribution < -0.4 is 5.73 Å². The van der Waals surface area contributed by atoms with E-state index in [-0.39, 0.29) is 0 Å². The van der Waals surface area contributed by atoms with E-state index in [0.717, 1.165) is 19.1 Å². The van der Waals surface area contributed by atoms with E-state index < -0.39 is 0 Å². The number of hydrogen-bond donors (Lipinski definition) is 1. The minimum atomic E-state index is 0.446. The standard InChI is InChI=1S/C12H22N2/c1-3-5-10-14(4-2)12-8-6-11(13)7-9-12/h11-12H,4,6-10,13H2,1-2H3. The van der Waals surface area contributed by atoms with Gasteiger partial charge in [-0.05, 0) is 39.2 Å². The molecule has 1 rings (SSSR count). The van der Waals surface area contributed by atoms with Crippen molar-refractivity contribution in [2.45, 2.75) is 51.6 Å². The van der Waals surface area contributed by atoms with Gasteiger partial charge in [-0.3, -0.25) is 4.90 Å². The summed E-state index contributed by atoms with van der Waals surface area (Å²) in [4.78, 5) is 2.47. The average molecular weight is 194 g/mol. The van der Waals surface area contributed by atoms with Crippen LogP contribution in [0.4, 0.5) is 0 Å². The predicted molar refractivity (Wildman–Crippen MR) is 60.9 cm³/mol. The first-order valence-corrected chi connectivity index (χ1v) is 5.67. The zero-order valence-electron chi connectivity index (χ0n) is 9.42. The second-order valence-corrected chi connectivity index (χ2v) is 4.06. The van der Waals surface area contributed by atoms with Gasteiger partial charge in [0.05, 0.1) is 6.54 Å². The van der Waals surface area contributed by atoms with Crippen LogP contribution >= 0.6 is 0 Å². The SMILES string of the molecule is CC#CCN(CC)C1CCC(N)CC1. The number of nitrogens with zero attached hydrogens (tertiary/aromatic N) is 1. The maximum Gasteiger partial charge on any atom is 0.0603 e. The van der Waals surface area contributed by atoms with Crippen molar-refractivity contribution in [3.05, 3.63) is 0 Å². The summed E-state index contributed by atoms with van der Waals surface area (Å²) in [5.74, 6) is 6.12. The molecular weight excluding hydrogens is 172 g/mol. The summed E-state index contributed by atoms with van der Waals surface area (Å²) < 4.78 is 0. The summed E-state index contributed by atoms with van der Waals surface area (Å²) in [6, 6.07) is 1.17. The van der Waals surface area contributed by atoms with E-state index in [0.29, 0.717) is 6.04 Å². The van der Waals surface area contributed by atoms with Crippen LogP contribution in [0, 0.1) is 11.8 Å². The van der Waals surface area contributed by atoms with Crippen molar-refractivity contribution < 1.29 is 0 Å². The molecule has 0 amide bonds. The molecule has 0 spiro atoms. The van der Waals surface area contributed by atoms with Gasteiger partial charge < -0.3 is 5.73 Å². The van der Waals surface area contributed by atoms with Crippen LogP contribution in [0.3, 0.4) is 0 Å². The highest BCUT2D eigenvalue weighted by molar-refractivity contribution is 4.99. The van der Waals surface area contributed by atoms with E-state index in [2.05, 4.69) is 23.7 Å². The number of rotatable bonds is 3. The first-order valence-electron chi connectivity index (χ1n) is 5.67. The molecule has 0 bridgehead atoms. The Morgan fingerprint density at radius 2 is 1.93 bits per heavy atom. The van der Waals surface area contributed by atoms with Gasteiger partial charge in [0.1, 0.15) is 0 Å². The van der Waals surface area contributed by atoms with Crippen molar-refractivity contribution in [2.75, 3.05) is 13.1 Å². The van der Waals surface area contributed by atoms with Crippen molar-refractivity contribution in [3.63, 3.8) is 0 Å². The Bertz CT molecular complexity index is 206. The smallest absolute Gasteiger partial charge is 0.0603 e. The van der Waals surface area contributed by atoms with Crippen LogP contribution in [-0.2, 0) is 0 Å². The number of hydrogen-bond acceptors (Lipinski definition) is 2. The Kier molecular flexibility index (Phi) is 5.00. The summed E-state index contributed by atoms with van der Waals surface area (Å²) in [6.07, 6.45) is 4.86. The second kappa shape index (κ2) is 6.06. The highest BCUT2D eigenvalue weighted by Crippen LogP contribution is 2.21. The Hall–Kier alpha value is -0.520. The van der Waals surface area contributed by atoms with Crippen molar-refractivity contribution in [1.82, 2.24) is 4.90 Å². The summed E-state index contributed by atoms with van der Waals surface area (Å²) in [5, 5.41) is 0. The molecule has 0 heterocycles. The minimum absolute atomic E-state index is 0.446. The lowest BCUT2D eigenvalue weighted by Gasteiger charge is -2.34. The molecule has 1 fully saturated rings. The summed E-state index contributed by atoms with van der Waals surface area (Å²) in [5.41, 5.74) is 5.89. The van der Waals surface area contributed by atoms with Gasteiger partial charge in [0.15, 0.2) is 0 Å². The van der Waals surface area contributed by atoms with Crippen LogP contribution in [-0.4, -0.2) is 30.1 Å². The Morgan fingerprint density at radius 1 is 1.29 bits per heavy atom. The zero-order valence-corrected chi connectivity index (χ0v) is 9.42. The summed E-state index contributed by atoms with van der Waals surface area (Å²) >= 11 is 0. The maximum atomic E-state index is 5.89. The molecule has 1 aliphatic rings. The molecule has 0 unspecified atom stereocenters. The van der Waals surface area contributed by atoms with Gasteiger partial charge in [0, 0.05) is 12.1 Å². The second-order valence-electron chi connectivity index (χ2n) is 4.06. The third-order valence-electron chi connectivity index (χ3n) is 3.12. The van der Waals surface area contributed by atoms with Gasteiger partial charge in [-0.1, -0.05) is 12.8 Å². The van der Waals surface area contributed by atoms with Crippen molar-refractivity contribution in [2.24, 2.45) is 5.73 Å². The van der Waals surface area contributed by atoms with Crippen molar-refractivity contribution in [3.8, 4) is 11.8 Å². The zero-order chi connectivity index (χ0) is 10.4. The lowest BCUT2D eigenvalue weighted by atomic mass is 9.91. The highest BCUT2D eigenvalue weighted by Gasteiger charge is 2.22. The molecule has 0 saturated heterocycles. The van der Waals surface area contributed by atoms with E-state index in [1.807, 2.05) is 6.92 Å². The Morgan fingerprint density at radius 3 is 2.43 bits per heavy atom. The maximum absolute atomic E-state index is 5.89. The molecule has 0 aromatic heterocycles. The number of nitrogens with two attached hydrogens (primary N) is 1. The normalized spacial score (nSPS) is 27.1. The van der Waals surface area contributed by atoms with E-state index in [1.54, 1.807) is 0 Å². The minimum Gasteiger partial charge on any atom is -0.328 e. The van der Waals surface area contributed by atoms with Gasteiger partial charge in [-0.2, -0.15) is 0 Å². The van der Waals surface area contributed by atoms with Crippen LogP contribution in [0.5, 0.6) is 0 Å². The van der Waals surface area contributed by atoms with E-state index in [4.69, 9.17) is 5.73 Å². The quantitative estimate of drug-likeness (QED) is 0.691. The summed E-state index contributed by atoms with van der Waals surface area (Å²) in [6.45, 7) is 6.15. The van der Waals surface area contributed by atoms with Crippen LogP contribution in [0.15, 0.2) is 0 Å². The molecule has 0 aromatic carbocycles. The van der Waals surface area contributed by atoms with Crippen LogP contribution in [0.25, 0.3) is 0 Å². The Labute approximate surface area is 87.8 Å². The molecule has 2 N–H and O–H groups in total. The average Bonchev–Trinajstić information content (AvgIpc) is 2.21. The summed E-state index contributed by atoms with van der Waals surface area (Å²) in [7, 11) is 0. The largest absolute Gasteiger partial charge is 0.328 e. The molecule has 1 aliphatic carbocycles. The first kappa shape index (κ1) is 11.6. The third kappa shape index (κ3) is 3.32. The van der Waals surface area contributed by atoms with E-state index in [1.165, 1.54) is 25.7 Å². The predicted octanol–water partition coefficient (Wildman–Crippen LogP) is 1.60. The van der Waals surface area contributed by atoms with Gasteiger partial charge >= 0.3 is 0 Å². The van der Waals surface area contributed by atoms with Gasteiger partial charge in [0.25, 0.3) is 0 Å². The van der Waals surface area contributed by atoms with Crippen molar-refractivity contribution >= 4 is 0 Å². The topological polar surface area (TPSA) is 29.3 Å². The van der Waals surface area contributed by atoms with Crippen LogP contribution in [0.2, 0.25) is 0 Å². The highest BCUT2D eigenvalue weighted by atomic mass is 15.1. The van der Waals surface area contributed by atoms with Gasteiger partial charge in [-0.25, -0.2) is 0 Å². The molecule has 2 nitrogen and oxygen atoms in total. The molecule has 0 radical (unpaired) electrons. The fourth-order valence-electron chi connectivity index (χ4n) is 2.15. The molecule has 2 heteroatoms. The molecule has 14 heavy (non-hydrogen) atoms. The third-order valence-corrected chi connectivity index (χ3v) is 3.12. The molecule has 0 atom stereocenters. The van der Waals surface area contributed by atoms with E-state index in [9.17, 15) is 0 Å². The molecule has 0 aliphatic heterocycles. The molecule has 1 saturated carbocycles. The van der Waals surface area contributed by atoms with Gasteiger partial charge in [0.2, 0.25) is 0 Å². The fraction of sp³-hybridized carbons (Fsp3) is 0.833. The van der Waals surface area contributed by atoms with Crippen molar-refractivity contribution in [1.29, 1.82) is 0 Å². The van der Waals surface area contributed by atoms with E-state index >= 15 is 0 Å². The lowest BCUT2D eigenvalue weighted by molar-refractivity contribution is 0.175.